The maximum Gasteiger partial charge on any atom is 0.305 e. The van der Waals surface area contributed by atoms with Gasteiger partial charge in [-0.25, -0.2) is 0 Å². The predicted molar refractivity (Wildman–Crippen MR) is 103 cm³/mol. The van der Waals surface area contributed by atoms with Crippen LogP contribution in [0, 0.1) is 39.9 Å². The zero-order valence-corrected chi connectivity index (χ0v) is 17.0. The lowest BCUT2D eigenvalue weighted by atomic mass is 9.35. The molecule has 4 aliphatic carbocycles. The number of hydrogen-bond acceptors (Lipinski definition) is 3. The Morgan fingerprint density at radius 1 is 1.23 bits per heavy atom. The number of carbonyl (C=O) groups excluding carboxylic acids is 1. The van der Waals surface area contributed by atoms with Gasteiger partial charge in [0.1, 0.15) is 0 Å². The first kappa shape index (κ1) is 17.3. The van der Waals surface area contributed by atoms with Crippen molar-refractivity contribution in [1.82, 2.24) is 0 Å². The number of methoxy groups -OCH3 is 1. The van der Waals surface area contributed by atoms with Crippen molar-refractivity contribution < 1.29 is 9.53 Å². The number of ether oxygens (including phenoxy) is 1. The van der Waals surface area contributed by atoms with Gasteiger partial charge >= 0.3 is 5.97 Å². The SMILES string of the molecule is COC(=O)CC[C@@]12C3=N[C@@H]4C(CC[C@@]45CCC[C@H]51)[C@]2(C)CC[C@@H]3C(C)C. The van der Waals surface area contributed by atoms with Crippen molar-refractivity contribution in [1.29, 1.82) is 0 Å². The molecule has 2 heterocycles. The third-order valence-electron chi connectivity index (χ3n) is 9.97. The van der Waals surface area contributed by atoms with Crippen molar-refractivity contribution in [2.75, 3.05) is 7.11 Å². The topological polar surface area (TPSA) is 38.7 Å². The highest BCUT2D eigenvalue weighted by Crippen LogP contribution is 2.80. The highest BCUT2D eigenvalue weighted by molar-refractivity contribution is 5.97. The maximum atomic E-state index is 12.2. The van der Waals surface area contributed by atoms with Crippen molar-refractivity contribution in [3.8, 4) is 0 Å². The van der Waals surface area contributed by atoms with E-state index in [1.165, 1.54) is 52.1 Å². The average Bonchev–Trinajstić information content (AvgIpc) is 3.19. The standard InChI is InChI=1S/C23H35NO2/c1-14(2)15-7-11-21(3)16-8-12-22-10-5-6-17(22)23(21,13-9-18(25)26-4)19(15)24-20(16)22/h14-17,20H,5-13H2,1-4H3/t15-,16?,17-,20-,21+,22-,23+/m1/s1. The van der Waals surface area contributed by atoms with Gasteiger partial charge in [0.2, 0.25) is 0 Å². The molecule has 1 spiro atoms. The van der Waals surface area contributed by atoms with Gasteiger partial charge in [0.05, 0.1) is 13.2 Å². The Hall–Kier alpha value is -0.860. The summed E-state index contributed by atoms with van der Waals surface area (Å²) in [6, 6.07) is 0.594. The van der Waals surface area contributed by atoms with Gasteiger partial charge in [-0.1, -0.05) is 27.2 Å². The van der Waals surface area contributed by atoms with E-state index >= 15 is 0 Å². The molecule has 2 aliphatic heterocycles. The molecule has 6 bridgehead atoms. The molecular formula is C23H35NO2. The summed E-state index contributed by atoms with van der Waals surface area (Å²) >= 11 is 0. The third-order valence-corrected chi connectivity index (χ3v) is 9.97. The van der Waals surface area contributed by atoms with E-state index in [0.717, 1.165) is 18.3 Å². The number of hydrogen-bond donors (Lipinski definition) is 0. The van der Waals surface area contributed by atoms with Crippen molar-refractivity contribution in [2.45, 2.75) is 84.6 Å². The fourth-order valence-electron chi connectivity index (χ4n) is 9.03. The predicted octanol–water partition coefficient (Wildman–Crippen LogP) is 5.03. The van der Waals surface area contributed by atoms with E-state index in [2.05, 4.69) is 20.8 Å². The molecule has 6 rings (SSSR count). The van der Waals surface area contributed by atoms with E-state index in [0.29, 0.717) is 35.1 Å². The number of aliphatic imine (C=N–C) groups is 1. The van der Waals surface area contributed by atoms with Gasteiger partial charge in [0, 0.05) is 17.5 Å². The molecule has 144 valence electrons. The second-order valence-electron chi connectivity index (χ2n) is 10.6. The first-order chi connectivity index (χ1) is 12.4. The van der Waals surface area contributed by atoms with Crippen molar-refractivity contribution in [2.24, 2.45) is 44.9 Å². The van der Waals surface area contributed by atoms with E-state index in [4.69, 9.17) is 9.73 Å². The normalized spacial score (nSPS) is 50.7. The fourth-order valence-corrected chi connectivity index (χ4v) is 9.03. The highest BCUT2D eigenvalue weighted by Gasteiger charge is 2.78. The van der Waals surface area contributed by atoms with E-state index in [-0.39, 0.29) is 11.4 Å². The summed E-state index contributed by atoms with van der Waals surface area (Å²) < 4.78 is 5.07. The molecule has 0 aromatic carbocycles. The summed E-state index contributed by atoms with van der Waals surface area (Å²) in [5.41, 5.74) is 2.54. The molecule has 0 saturated heterocycles. The quantitative estimate of drug-likeness (QED) is 0.662. The summed E-state index contributed by atoms with van der Waals surface area (Å²) in [4.78, 5) is 17.8. The molecule has 4 fully saturated rings. The molecule has 26 heavy (non-hydrogen) atoms. The second kappa shape index (κ2) is 5.35. The Bertz CT molecular complexity index is 669. The molecule has 0 radical (unpaired) electrons. The molecule has 6 aliphatic rings. The number of rotatable bonds is 4. The van der Waals surface area contributed by atoms with Gasteiger partial charge < -0.3 is 4.74 Å². The lowest BCUT2D eigenvalue weighted by molar-refractivity contribution is -0.149. The molecule has 3 nitrogen and oxygen atoms in total. The molecule has 0 amide bonds. The Morgan fingerprint density at radius 2 is 2.04 bits per heavy atom. The van der Waals surface area contributed by atoms with Gasteiger partial charge in [-0.15, -0.1) is 0 Å². The zero-order chi connectivity index (χ0) is 18.3. The number of nitrogens with zero attached hydrogens (tertiary/aromatic N) is 1. The highest BCUT2D eigenvalue weighted by atomic mass is 16.5. The van der Waals surface area contributed by atoms with Gasteiger partial charge in [-0.3, -0.25) is 9.79 Å². The first-order valence-electron chi connectivity index (χ1n) is 11.1. The van der Waals surface area contributed by atoms with E-state index in [1.54, 1.807) is 5.71 Å². The van der Waals surface area contributed by atoms with Gasteiger partial charge in [0.25, 0.3) is 0 Å². The lowest BCUT2D eigenvalue weighted by Gasteiger charge is -2.71. The molecule has 4 saturated carbocycles. The second-order valence-corrected chi connectivity index (χ2v) is 10.6. The Balaban J connectivity index is 1.69. The van der Waals surface area contributed by atoms with E-state index < -0.39 is 0 Å². The monoisotopic (exact) mass is 357 g/mol. The Kier molecular flexibility index (Phi) is 3.55. The Labute approximate surface area is 158 Å². The van der Waals surface area contributed by atoms with Crippen LogP contribution < -0.4 is 0 Å². The molecule has 1 unspecified atom stereocenters. The van der Waals surface area contributed by atoms with Crippen molar-refractivity contribution >= 4 is 11.7 Å². The van der Waals surface area contributed by atoms with Crippen LogP contribution in [-0.2, 0) is 9.53 Å². The summed E-state index contributed by atoms with van der Waals surface area (Å²) in [5.74, 6) is 2.77. The van der Waals surface area contributed by atoms with Crippen LogP contribution in [0.1, 0.15) is 78.6 Å². The van der Waals surface area contributed by atoms with Crippen LogP contribution >= 0.6 is 0 Å². The number of carbonyl (C=O) groups is 1. The first-order valence-corrected chi connectivity index (χ1v) is 11.1. The molecule has 7 atom stereocenters. The summed E-state index contributed by atoms with van der Waals surface area (Å²) in [6.45, 7) is 7.36. The van der Waals surface area contributed by atoms with E-state index in [9.17, 15) is 4.79 Å². The summed E-state index contributed by atoms with van der Waals surface area (Å²) in [5, 5.41) is 0. The van der Waals surface area contributed by atoms with Crippen LogP contribution in [0.3, 0.4) is 0 Å². The minimum Gasteiger partial charge on any atom is -0.469 e. The van der Waals surface area contributed by atoms with Crippen LogP contribution in [0.5, 0.6) is 0 Å². The van der Waals surface area contributed by atoms with Crippen LogP contribution in [0.25, 0.3) is 0 Å². The molecule has 0 aromatic rings. The van der Waals surface area contributed by atoms with Crippen molar-refractivity contribution in [3.05, 3.63) is 0 Å². The lowest BCUT2D eigenvalue weighted by Crippen LogP contribution is -2.71. The summed E-state index contributed by atoms with van der Waals surface area (Å²) in [6.07, 6.45) is 11.1. The van der Waals surface area contributed by atoms with Gasteiger partial charge in [0.15, 0.2) is 0 Å². The third kappa shape index (κ3) is 1.72. The molecule has 3 heteroatoms. The van der Waals surface area contributed by atoms with Gasteiger partial charge in [-0.2, -0.15) is 0 Å². The van der Waals surface area contributed by atoms with Crippen molar-refractivity contribution in [3.63, 3.8) is 0 Å². The summed E-state index contributed by atoms with van der Waals surface area (Å²) in [7, 11) is 1.54. The maximum absolute atomic E-state index is 12.2. The molecular weight excluding hydrogens is 322 g/mol. The smallest absolute Gasteiger partial charge is 0.305 e. The molecule has 0 aromatic heterocycles. The minimum atomic E-state index is -0.0326. The van der Waals surface area contributed by atoms with Gasteiger partial charge in [-0.05, 0) is 79.4 Å². The van der Waals surface area contributed by atoms with Crippen LogP contribution in [0.2, 0.25) is 0 Å². The largest absolute Gasteiger partial charge is 0.469 e. The molecule has 0 N–H and O–H groups in total. The fraction of sp³-hybridized carbons (Fsp3) is 0.913. The zero-order valence-electron chi connectivity index (χ0n) is 17.0. The van der Waals surface area contributed by atoms with Crippen LogP contribution in [-0.4, -0.2) is 24.8 Å². The minimum absolute atomic E-state index is 0.0326. The van der Waals surface area contributed by atoms with Crippen LogP contribution in [0.15, 0.2) is 4.99 Å². The average molecular weight is 358 g/mol. The Morgan fingerprint density at radius 3 is 2.77 bits per heavy atom. The van der Waals surface area contributed by atoms with Crippen LogP contribution in [0.4, 0.5) is 0 Å². The van der Waals surface area contributed by atoms with E-state index in [1.807, 2.05) is 0 Å². The number of esters is 1.